The zero-order valence-corrected chi connectivity index (χ0v) is 16.3. The van der Waals surface area contributed by atoms with E-state index in [0.29, 0.717) is 20.9 Å². The lowest BCUT2D eigenvalue weighted by atomic mass is 10.2. The van der Waals surface area contributed by atoms with Crippen molar-refractivity contribution in [3.8, 4) is 0 Å². The van der Waals surface area contributed by atoms with Gasteiger partial charge in [0.1, 0.15) is 21.3 Å². The number of nitrogens with two attached hydrogens (primary N) is 2. The Hall–Kier alpha value is -3.38. The van der Waals surface area contributed by atoms with Crippen LogP contribution >= 0.6 is 22.7 Å². The number of carbonyl (C=O) groups is 2. The van der Waals surface area contributed by atoms with E-state index in [1.165, 1.54) is 0 Å². The molecule has 0 aliphatic rings. The fourth-order valence-corrected chi connectivity index (χ4v) is 4.94. The number of rotatable bonds is 4. The number of aryl methyl sites for hydroxylation is 2. The van der Waals surface area contributed by atoms with Crippen molar-refractivity contribution < 1.29 is 18.6 Å². The van der Waals surface area contributed by atoms with Gasteiger partial charge in [-0.2, -0.15) is 0 Å². The first kappa shape index (κ1) is 18.0. The van der Waals surface area contributed by atoms with Gasteiger partial charge in [0.25, 0.3) is 11.8 Å². The average Bonchev–Trinajstić information content (AvgIpc) is 3.37. The van der Waals surface area contributed by atoms with Crippen LogP contribution in [-0.2, 0) is 0 Å². The van der Waals surface area contributed by atoms with E-state index in [-0.39, 0.29) is 32.8 Å². The van der Waals surface area contributed by atoms with Crippen molar-refractivity contribution in [3.63, 3.8) is 0 Å². The van der Waals surface area contributed by atoms with Crippen LogP contribution < -0.4 is 22.1 Å². The van der Waals surface area contributed by atoms with E-state index < -0.39 is 11.8 Å². The molecule has 0 saturated heterocycles. The molecule has 0 aliphatic heterocycles. The highest BCUT2D eigenvalue weighted by Gasteiger charge is 2.25. The van der Waals surface area contributed by atoms with Gasteiger partial charge in [-0.1, -0.05) is 10.3 Å². The summed E-state index contributed by atoms with van der Waals surface area (Å²) in [5, 5.41) is 13.1. The Kier molecular flexibility index (Phi) is 4.28. The number of fused-ring (bicyclic) bond motifs is 1. The van der Waals surface area contributed by atoms with E-state index in [9.17, 15) is 9.59 Å². The minimum absolute atomic E-state index is 0.211. The molecule has 0 unspecified atom stereocenters. The van der Waals surface area contributed by atoms with Crippen LogP contribution in [-0.4, -0.2) is 22.1 Å². The first-order valence-corrected chi connectivity index (χ1v) is 9.56. The van der Waals surface area contributed by atoms with Gasteiger partial charge in [0, 0.05) is 12.1 Å². The molecule has 0 fully saturated rings. The Balaban J connectivity index is 1.61. The second-order valence-corrected chi connectivity index (χ2v) is 8.21. The standard InChI is InChI=1S/C16H14N6O4S2/c1-5-3-7(21-25-5)19-14(23)12-10(17)9-11(18)13(28-16(9)27-12)15(24)20-8-4-6(2)26-22-8/h3-4H,17-18H2,1-2H3,(H,19,21,23)(H,20,22,24). The minimum Gasteiger partial charge on any atom is -0.397 e. The number of nitrogens with one attached hydrogen (secondary N) is 2. The SMILES string of the molecule is Cc1cc(NC(=O)c2sc3sc(C(=O)Nc4cc(C)on4)c(N)c3c2N)no1. The monoisotopic (exact) mass is 418 g/mol. The molecule has 0 radical (unpaired) electrons. The zero-order valence-electron chi connectivity index (χ0n) is 14.7. The van der Waals surface area contributed by atoms with Crippen molar-refractivity contribution in [1.82, 2.24) is 10.3 Å². The Labute approximate surface area is 165 Å². The maximum absolute atomic E-state index is 12.5. The molecule has 144 valence electrons. The van der Waals surface area contributed by atoms with Crippen LogP contribution in [0.1, 0.15) is 30.9 Å². The molecule has 0 saturated carbocycles. The van der Waals surface area contributed by atoms with Crippen molar-refractivity contribution in [2.24, 2.45) is 0 Å². The Morgan fingerprint density at radius 2 is 1.32 bits per heavy atom. The van der Waals surface area contributed by atoms with E-state index in [4.69, 9.17) is 20.5 Å². The lowest BCUT2D eigenvalue weighted by Crippen LogP contribution is -2.13. The number of aromatic nitrogens is 2. The molecule has 0 spiro atoms. The Morgan fingerprint density at radius 1 is 0.893 bits per heavy atom. The number of thiophene rings is 2. The second-order valence-electron chi connectivity index (χ2n) is 5.91. The van der Waals surface area contributed by atoms with Gasteiger partial charge in [0.05, 0.1) is 20.8 Å². The van der Waals surface area contributed by atoms with Gasteiger partial charge in [-0.3, -0.25) is 9.59 Å². The molecular weight excluding hydrogens is 404 g/mol. The van der Waals surface area contributed by atoms with Crippen LogP contribution in [0.25, 0.3) is 9.40 Å². The molecule has 0 bridgehead atoms. The fraction of sp³-hybridized carbons (Fsp3) is 0.125. The third-order valence-corrected chi connectivity index (χ3v) is 6.27. The third kappa shape index (κ3) is 3.08. The van der Waals surface area contributed by atoms with Crippen LogP contribution in [0.3, 0.4) is 0 Å². The number of anilines is 4. The molecule has 12 heteroatoms. The maximum atomic E-state index is 12.5. The summed E-state index contributed by atoms with van der Waals surface area (Å²) in [4.78, 5) is 25.5. The van der Waals surface area contributed by atoms with Crippen molar-refractivity contribution >= 4 is 66.9 Å². The summed E-state index contributed by atoms with van der Waals surface area (Å²) in [5.74, 6) is 0.852. The van der Waals surface area contributed by atoms with Gasteiger partial charge in [0.15, 0.2) is 11.6 Å². The Morgan fingerprint density at radius 3 is 1.64 bits per heavy atom. The lowest BCUT2D eigenvalue weighted by molar-refractivity contribution is 0.102. The van der Waals surface area contributed by atoms with E-state index in [0.717, 1.165) is 22.7 Å². The van der Waals surface area contributed by atoms with Crippen LogP contribution in [0.15, 0.2) is 21.2 Å². The first-order valence-electron chi connectivity index (χ1n) is 7.93. The molecular formula is C16H14N6O4S2. The number of hydrogen-bond donors (Lipinski definition) is 4. The van der Waals surface area contributed by atoms with E-state index in [1.807, 2.05) is 0 Å². The van der Waals surface area contributed by atoms with Crippen molar-refractivity contribution in [3.05, 3.63) is 33.4 Å². The number of carbonyl (C=O) groups excluding carboxylic acids is 2. The van der Waals surface area contributed by atoms with Gasteiger partial charge in [-0.05, 0) is 13.8 Å². The van der Waals surface area contributed by atoms with Crippen molar-refractivity contribution in [2.75, 3.05) is 22.1 Å². The number of hydrogen-bond acceptors (Lipinski definition) is 10. The summed E-state index contributed by atoms with van der Waals surface area (Å²) in [6, 6.07) is 3.18. The van der Waals surface area contributed by atoms with Gasteiger partial charge < -0.3 is 31.1 Å². The van der Waals surface area contributed by atoms with Gasteiger partial charge in [-0.15, -0.1) is 22.7 Å². The summed E-state index contributed by atoms with van der Waals surface area (Å²) in [6.07, 6.45) is 0. The number of amides is 2. The molecule has 2 amide bonds. The topological polar surface area (TPSA) is 162 Å². The normalized spacial score (nSPS) is 11.1. The molecule has 6 N–H and O–H groups in total. The summed E-state index contributed by atoms with van der Waals surface area (Å²) in [6.45, 7) is 3.43. The van der Waals surface area contributed by atoms with Gasteiger partial charge >= 0.3 is 0 Å². The van der Waals surface area contributed by atoms with Crippen molar-refractivity contribution in [2.45, 2.75) is 13.8 Å². The molecule has 4 heterocycles. The highest BCUT2D eigenvalue weighted by atomic mass is 32.2. The predicted octanol–water partition coefficient (Wildman–Crippen LogP) is 3.22. The highest BCUT2D eigenvalue weighted by molar-refractivity contribution is 7.40. The summed E-state index contributed by atoms with van der Waals surface area (Å²) in [7, 11) is 0. The largest absolute Gasteiger partial charge is 0.397 e. The smallest absolute Gasteiger partial charge is 0.269 e. The fourth-order valence-electron chi connectivity index (χ4n) is 2.54. The molecule has 0 aliphatic carbocycles. The molecule has 0 atom stereocenters. The van der Waals surface area contributed by atoms with Crippen LogP contribution in [0.5, 0.6) is 0 Å². The van der Waals surface area contributed by atoms with Crippen molar-refractivity contribution in [1.29, 1.82) is 0 Å². The zero-order chi connectivity index (χ0) is 20.0. The predicted molar refractivity (Wildman–Crippen MR) is 107 cm³/mol. The minimum atomic E-state index is -0.428. The molecule has 4 rings (SSSR count). The molecule has 28 heavy (non-hydrogen) atoms. The lowest BCUT2D eigenvalue weighted by Gasteiger charge is -2.02. The average molecular weight is 418 g/mol. The third-order valence-electron chi connectivity index (χ3n) is 3.77. The summed E-state index contributed by atoms with van der Waals surface area (Å²) >= 11 is 2.30. The quantitative estimate of drug-likeness (QED) is 0.392. The molecule has 10 nitrogen and oxygen atoms in total. The van der Waals surface area contributed by atoms with E-state index >= 15 is 0 Å². The van der Waals surface area contributed by atoms with Crippen LogP contribution in [0.4, 0.5) is 23.0 Å². The molecule has 4 aromatic rings. The summed E-state index contributed by atoms with van der Waals surface area (Å²) < 4.78 is 10.5. The van der Waals surface area contributed by atoms with Crippen LogP contribution in [0, 0.1) is 13.8 Å². The number of nitrogens with zero attached hydrogens (tertiary/aromatic N) is 2. The maximum Gasteiger partial charge on any atom is 0.269 e. The number of nitrogen functional groups attached to an aromatic ring is 2. The van der Waals surface area contributed by atoms with Gasteiger partial charge in [-0.25, -0.2) is 0 Å². The first-order chi connectivity index (χ1) is 13.3. The summed E-state index contributed by atoms with van der Waals surface area (Å²) in [5.41, 5.74) is 12.7. The van der Waals surface area contributed by atoms with E-state index in [2.05, 4.69) is 20.9 Å². The van der Waals surface area contributed by atoms with Gasteiger partial charge in [0.2, 0.25) is 0 Å². The molecule has 0 aromatic carbocycles. The van der Waals surface area contributed by atoms with E-state index in [1.54, 1.807) is 26.0 Å². The highest BCUT2D eigenvalue weighted by Crippen LogP contribution is 2.45. The molecule has 4 aromatic heterocycles. The second kappa shape index (κ2) is 6.65. The van der Waals surface area contributed by atoms with Crippen LogP contribution in [0.2, 0.25) is 0 Å². The Bertz CT molecular complexity index is 1130.